The number of hydrogen-bond acceptors (Lipinski definition) is 18. The van der Waals surface area contributed by atoms with Gasteiger partial charge in [0.2, 0.25) is 70.9 Å². The Hall–Kier alpha value is -6.31. The Morgan fingerprint density at radius 1 is 0.771 bits per heavy atom. The SMILES string of the molecule is CC(CC1NC(=O)CCSSCCNC(=O)[C@H](CO)NC1=O)NC(=O)[C@@H]1CCCN1C(=O)[C@H](CCCNC=N)NC(=O)CNC(=O)[C@H](CO)NC(=O)CNC(=O)CNC(=O)CNC(=O)CNC(=O)CN. The van der Waals surface area contributed by atoms with E-state index in [1.807, 2.05) is 0 Å². The van der Waals surface area contributed by atoms with Gasteiger partial charge in [0.1, 0.15) is 30.2 Å². The summed E-state index contributed by atoms with van der Waals surface area (Å²) in [6.07, 6.45) is 1.89. The van der Waals surface area contributed by atoms with E-state index in [1.165, 1.54) is 26.5 Å². The Labute approximate surface area is 410 Å². The van der Waals surface area contributed by atoms with Gasteiger partial charge in [-0.15, -0.1) is 0 Å². The van der Waals surface area contributed by atoms with Crippen LogP contribution >= 0.6 is 21.6 Å². The van der Waals surface area contributed by atoms with Crippen molar-refractivity contribution in [1.29, 1.82) is 5.41 Å². The molecule has 17 N–H and O–H groups in total. The molecule has 0 aromatic carbocycles. The highest BCUT2D eigenvalue weighted by Gasteiger charge is 2.38. The highest BCUT2D eigenvalue weighted by molar-refractivity contribution is 8.76. The molecular formula is C39H65N15O14S2. The molecule has 0 aromatic heterocycles. The maximum Gasteiger partial charge on any atom is 0.245 e. The zero-order chi connectivity index (χ0) is 52.0. The zero-order valence-corrected chi connectivity index (χ0v) is 40.2. The summed E-state index contributed by atoms with van der Waals surface area (Å²) in [5.74, 6) is -7.70. The van der Waals surface area contributed by atoms with Gasteiger partial charge in [0.25, 0.3) is 0 Å². The molecule has 2 aliphatic rings. The lowest BCUT2D eigenvalue weighted by Crippen LogP contribution is -2.58. The third-order valence-corrected chi connectivity index (χ3v) is 12.4. The number of nitrogens with two attached hydrogens (primary N) is 1. The first-order valence-corrected chi connectivity index (χ1v) is 24.7. The van der Waals surface area contributed by atoms with Gasteiger partial charge in [0.05, 0.1) is 58.8 Å². The van der Waals surface area contributed by atoms with Crippen LogP contribution in [0.1, 0.15) is 45.4 Å². The standard InChI is InChI=1S/C39H65N15O14S2/c1-22(12-24-37(66)53-26(20-56)35(64)43-8-11-70-69-10-6-28(57)51-24)49-38(67)27-5-3-9-54(27)39(68)23(4-2-7-42-21-41)50-34(63)18-48-36(65)25(19-55)52-33(62)17-47-32(61)16-46-31(60)15-45-30(59)14-44-29(58)13-40/h21-27,55-56H,2-20,40H2,1H3,(H2,41,42)(H,43,64)(H,44,58)(H,45,59)(H,46,60)(H,47,61)(H,48,65)(H,49,67)(H,50,63)(H,51,57)(H,52,62)(H,53,66)/t22?,23-,24?,25-,26-,27-/m0/s1. The van der Waals surface area contributed by atoms with Gasteiger partial charge in [-0.25, -0.2) is 0 Å². The van der Waals surface area contributed by atoms with E-state index in [9.17, 15) is 67.7 Å². The molecule has 29 nitrogen and oxygen atoms in total. The summed E-state index contributed by atoms with van der Waals surface area (Å²) in [6.45, 7) is -2.67. The number of amides is 12. The molecule has 392 valence electrons. The number of aliphatic hydroxyl groups excluding tert-OH is 2. The second kappa shape index (κ2) is 33.3. The van der Waals surface area contributed by atoms with E-state index in [1.54, 1.807) is 6.92 Å². The average molecular weight is 1030 g/mol. The van der Waals surface area contributed by atoms with Crippen LogP contribution in [-0.4, -0.2) is 212 Å². The Kier molecular flexibility index (Phi) is 28.4. The van der Waals surface area contributed by atoms with Crippen molar-refractivity contribution in [2.45, 2.75) is 81.7 Å². The van der Waals surface area contributed by atoms with E-state index in [0.29, 0.717) is 17.9 Å². The van der Waals surface area contributed by atoms with Crippen molar-refractivity contribution in [2.24, 2.45) is 5.73 Å². The number of rotatable bonds is 26. The van der Waals surface area contributed by atoms with Crippen molar-refractivity contribution in [3.8, 4) is 0 Å². The molecule has 6 atom stereocenters. The minimum Gasteiger partial charge on any atom is -0.394 e. The molecule has 2 fully saturated rings. The minimum absolute atomic E-state index is 0.0406. The Morgan fingerprint density at radius 2 is 1.36 bits per heavy atom. The predicted molar refractivity (Wildman–Crippen MR) is 252 cm³/mol. The molecule has 0 aromatic rings. The van der Waals surface area contributed by atoms with E-state index in [-0.39, 0.29) is 58.3 Å². The van der Waals surface area contributed by atoms with E-state index >= 15 is 0 Å². The van der Waals surface area contributed by atoms with Gasteiger partial charge in [-0.1, -0.05) is 21.6 Å². The quantitative estimate of drug-likeness (QED) is 0.0166. The largest absolute Gasteiger partial charge is 0.394 e. The molecule has 0 bridgehead atoms. The smallest absolute Gasteiger partial charge is 0.245 e. The van der Waals surface area contributed by atoms with Crippen LogP contribution in [0.5, 0.6) is 0 Å². The summed E-state index contributed by atoms with van der Waals surface area (Å²) in [5.41, 5.74) is 5.11. The first-order valence-electron chi connectivity index (χ1n) is 22.2. The fraction of sp³-hybridized carbons (Fsp3) is 0.667. The molecule has 0 saturated carbocycles. The van der Waals surface area contributed by atoms with E-state index in [0.717, 1.165) is 6.34 Å². The van der Waals surface area contributed by atoms with Gasteiger partial charge in [0, 0.05) is 43.6 Å². The normalized spacial score (nSPS) is 18.8. The third-order valence-electron chi connectivity index (χ3n) is 10.0. The molecule has 2 rings (SSSR count). The van der Waals surface area contributed by atoms with Gasteiger partial charge in [-0.3, -0.25) is 62.9 Å². The van der Waals surface area contributed by atoms with E-state index < -0.39 is 153 Å². The van der Waals surface area contributed by atoms with Crippen molar-refractivity contribution in [3.05, 3.63) is 0 Å². The Morgan fingerprint density at radius 3 is 1.96 bits per heavy atom. The van der Waals surface area contributed by atoms with Crippen molar-refractivity contribution in [2.75, 3.05) is 83.6 Å². The maximum absolute atomic E-state index is 14.0. The van der Waals surface area contributed by atoms with Gasteiger partial charge in [-0.2, -0.15) is 0 Å². The number of hydrogen-bond donors (Lipinski definition) is 16. The molecule has 2 saturated heterocycles. The van der Waals surface area contributed by atoms with Crippen molar-refractivity contribution in [3.63, 3.8) is 0 Å². The summed E-state index contributed by atoms with van der Waals surface area (Å²) in [5, 5.41) is 55.8. The van der Waals surface area contributed by atoms with Crippen LogP contribution in [0.15, 0.2) is 0 Å². The lowest BCUT2D eigenvalue weighted by Gasteiger charge is -2.30. The second-order valence-electron chi connectivity index (χ2n) is 15.6. The lowest BCUT2D eigenvalue weighted by atomic mass is 10.0. The second-order valence-corrected chi connectivity index (χ2v) is 18.3. The fourth-order valence-electron chi connectivity index (χ4n) is 6.50. The molecule has 0 radical (unpaired) electrons. The Balaban J connectivity index is 1.97. The first-order chi connectivity index (χ1) is 33.4. The molecular weight excluding hydrogens is 967 g/mol. The number of nitrogens with one attached hydrogen (secondary N) is 13. The number of carbonyl (C=O) groups is 12. The molecule has 2 unspecified atom stereocenters. The predicted octanol–water partition coefficient (Wildman–Crippen LogP) is -8.79. The van der Waals surface area contributed by atoms with Crippen LogP contribution in [-0.2, 0) is 57.5 Å². The molecule has 2 heterocycles. The summed E-state index contributed by atoms with van der Waals surface area (Å²) in [7, 11) is 2.87. The zero-order valence-electron chi connectivity index (χ0n) is 38.6. The molecule has 2 aliphatic heterocycles. The summed E-state index contributed by atoms with van der Waals surface area (Å²) in [6, 6.07) is -7.07. The van der Waals surface area contributed by atoms with Crippen molar-refractivity contribution < 1.29 is 67.7 Å². The lowest BCUT2D eigenvalue weighted by molar-refractivity contribution is -0.141. The topological polar surface area (TPSA) is 443 Å². The van der Waals surface area contributed by atoms with Crippen molar-refractivity contribution >= 4 is 98.8 Å². The summed E-state index contributed by atoms with van der Waals surface area (Å²) >= 11 is 0. The average Bonchev–Trinajstić information content (AvgIpc) is 3.84. The molecule has 12 amide bonds. The Bertz CT molecular complexity index is 1870. The van der Waals surface area contributed by atoms with Crippen LogP contribution in [0.4, 0.5) is 0 Å². The van der Waals surface area contributed by atoms with Crippen LogP contribution in [0.2, 0.25) is 0 Å². The summed E-state index contributed by atoms with van der Waals surface area (Å²) < 4.78 is 0. The molecule has 0 spiro atoms. The number of nitrogens with zero attached hydrogens (tertiary/aromatic N) is 1. The highest BCUT2D eigenvalue weighted by atomic mass is 33.1. The third kappa shape index (κ3) is 23.3. The summed E-state index contributed by atoms with van der Waals surface area (Å²) in [4.78, 5) is 153. The first kappa shape index (κ1) is 59.8. The number of likely N-dealkylation sites (tertiary alicyclic amines) is 1. The number of aliphatic hydroxyl groups is 2. The van der Waals surface area contributed by atoms with Gasteiger partial charge in [0.15, 0.2) is 0 Å². The molecule has 31 heteroatoms. The van der Waals surface area contributed by atoms with Crippen LogP contribution in [0.3, 0.4) is 0 Å². The minimum atomic E-state index is -1.58. The maximum atomic E-state index is 14.0. The van der Waals surface area contributed by atoms with E-state index in [2.05, 4.69) is 63.8 Å². The van der Waals surface area contributed by atoms with Crippen molar-refractivity contribution in [1.82, 2.24) is 68.7 Å². The van der Waals surface area contributed by atoms with Crippen LogP contribution in [0.25, 0.3) is 0 Å². The highest BCUT2D eigenvalue weighted by Crippen LogP contribution is 2.22. The van der Waals surface area contributed by atoms with Crippen LogP contribution in [0, 0.1) is 5.41 Å². The van der Waals surface area contributed by atoms with Crippen LogP contribution < -0.4 is 69.5 Å². The van der Waals surface area contributed by atoms with Gasteiger partial charge >= 0.3 is 0 Å². The van der Waals surface area contributed by atoms with E-state index in [4.69, 9.17) is 11.1 Å². The van der Waals surface area contributed by atoms with Gasteiger partial charge < -0.3 is 84.6 Å². The van der Waals surface area contributed by atoms with Gasteiger partial charge in [-0.05, 0) is 39.0 Å². The monoisotopic (exact) mass is 1030 g/mol. The molecule has 70 heavy (non-hydrogen) atoms. The molecule has 0 aliphatic carbocycles. The fourth-order valence-corrected chi connectivity index (χ4v) is 8.40. The number of carbonyl (C=O) groups excluding carboxylic acids is 12.